The van der Waals surface area contributed by atoms with E-state index in [9.17, 15) is 9.59 Å². The molecule has 0 N–H and O–H groups in total. The third kappa shape index (κ3) is 26.3. The molecule has 0 aliphatic rings. The predicted molar refractivity (Wildman–Crippen MR) is 176 cm³/mol. The number of carbonyl (C=O) groups excluding carboxylic acids is 2. The van der Waals surface area contributed by atoms with Crippen molar-refractivity contribution in [3.63, 3.8) is 0 Å². The molecular weight excluding hydrogens is 508 g/mol. The van der Waals surface area contributed by atoms with Crippen molar-refractivity contribution < 1.29 is 19.1 Å². The summed E-state index contributed by atoms with van der Waals surface area (Å²) in [6.45, 7) is 12.1. The zero-order valence-corrected chi connectivity index (χ0v) is 28.5. The molecule has 3 atom stereocenters. The maximum Gasteiger partial charge on any atom is 0.308 e. The third-order valence-electron chi connectivity index (χ3n) is 8.95. The molecule has 0 bridgehead atoms. The molecular formula is C37H72O4. The van der Waals surface area contributed by atoms with Crippen molar-refractivity contribution in [2.75, 3.05) is 13.2 Å². The molecule has 0 aliphatic carbocycles. The Labute approximate surface area is 256 Å². The van der Waals surface area contributed by atoms with Crippen molar-refractivity contribution >= 4 is 11.9 Å². The molecule has 0 spiro atoms. The van der Waals surface area contributed by atoms with Crippen molar-refractivity contribution in [2.45, 2.75) is 195 Å². The largest absolute Gasteiger partial charge is 0.465 e. The first-order chi connectivity index (χ1) is 20.0. The van der Waals surface area contributed by atoms with Crippen molar-refractivity contribution in [1.29, 1.82) is 0 Å². The average Bonchev–Trinajstić information content (AvgIpc) is 2.98. The molecule has 0 aromatic carbocycles. The third-order valence-corrected chi connectivity index (χ3v) is 8.95. The molecule has 0 saturated heterocycles. The zero-order chi connectivity index (χ0) is 30.4. The summed E-state index contributed by atoms with van der Waals surface area (Å²) in [7, 11) is 0. The summed E-state index contributed by atoms with van der Waals surface area (Å²) in [6, 6.07) is 0. The van der Waals surface area contributed by atoms with Gasteiger partial charge in [0, 0.05) is 6.42 Å². The van der Waals surface area contributed by atoms with Gasteiger partial charge in [0.05, 0.1) is 19.1 Å². The Hall–Kier alpha value is -1.06. The molecule has 41 heavy (non-hydrogen) atoms. The first-order valence-corrected chi connectivity index (χ1v) is 18.3. The van der Waals surface area contributed by atoms with E-state index in [1.54, 1.807) is 0 Å². The minimum atomic E-state index is 0.00465. The normalized spacial score (nSPS) is 13.6. The molecule has 244 valence electrons. The van der Waals surface area contributed by atoms with Gasteiger partial charge in [0.2, 0.25) is 0 Å². The molecule has 0 saturated carbocycles. The summed E-state index contributed by atoms with van der Waals surface area (Å²) in [4.78, 5) is 24.2. The monoisotopic (exact) mass is 581 g/mol. The minimum Gasteiger partial charge on any atom is -0.465 e. The molecule has 0 fully saturated rings. The number of rotatable bonds is 31. The molecule has 3 unspecified atom stereocenters. The van der Waals surface area contributed by atoms with Crippen LogP contribution in [0.4, 0.5) is 0 Å². The van der Waals surface area contributed by atoms with E-state index in [-0.39, 0.29) is 17.9 Å². The highest BCUT2D eigenvalue weighted by molar-refractivity contribution is 5.71. The number of esters is 2. The fraction of sp³-hybridized carbons (Fsp3) is 0.946. The van der Waals surface area contributed by atoms with Crippen LogP contribution in [0.15, 0.2) is 0 Å². The minimum absolute atomic E-state index is 0.00465. The maximum absolute atomic E-state index is 12.3. The van der Waals surface area contributed by atoms with E-state index in [4.69, 9.17) is 9.47 Å². The van der Waals surface area contributed by atoms with Crippen LogP contribution in [0.2, 0.25) is 0 Å². The lowest BCUT2D eigenvalue weighted by atomic mass is 9.99. The van der Waals surface area contributed by atoms with Crippen molar-refractivity contribution in [3.05, 3.63) is 0 Å². The average molecular weight is 581 g/mol. The van der Waals surface area contributed by atoms with Gasteiger partial charge < -0.3 is 9.47 Å². The molecule has 0 aromatic heterocycles. The molecule has 0 amide bonds. The standard InChI is InChI=1S/C37H72O4/c1-6-10-28-34(8-3)31-40-36(38)30-26-24-22-20-18-16-14-12-13-15-17-19-21-23-25-27-33(5)37(39)41-32-35(9-4)29-11-7-2/h33-35H,6-32H2,1-5H3. The van der Waals surface area contributed by atoms with Crippen LogP contribution in [0.25, 0.3) is 0 Å². The second-order valence-corrected chi connectivity index (χ2v) is 12.9. The molecule has 0 rings (SSSR count). The SMILES string of the molecule is CCCCC(CC)COC(=O)CCCCCCCCCCCCCCCCCC(C)C(=O)OCC(CC)CCCC. The van der Waals surface area contributed by atoms with Gasteiger partial charge in [-0.3, -0.25) is 9.59 Å². The van der Waals surface area contributed by atoms with E-state index >= 15 is 0 Å². The second-order valence-electron chi connectivity index (χ2n) is 12.9. The van der Waals surface area contributed by atoms with Gasteiger partial charge in [-0.1, -0.05) is 163 Å². The van der Waals surface area contributed by atoms with Gasteiger partial charge in [-0.15, -0.1) is 0 Å². The van der Waals surface area contributed by atoms with Crippen LogP contribution in [0.5, 0.6) is 0 Å². The summed E-state index contributed by atoms with van der Waals surface area (Å²) >= 11 is 0. The summed E-state index contributed by atoms with van der Waals surface area (Å²) in [5.74, 6) is 1.13. The lowest BCUT2D eigenvalue weighted by Gasteiger charge is -2.17. The summed E-state index contributed by atoms with van der Waals surface area (Å²) in [5, 5.41) is 0. The fourth-order valence-corrected chi connectivity index (χ4v) is 5.56. The Kier molecular flexibility index (Phi) is 29.6. The van der Waals surface area contributed by atoms with Gasteiger partial charge in [0.25, 0.3) is 0 Å². The smallest absolute Gasteiger partial charge is 0.308 e. The van der Waals surface area contributed by atoms with Crippen LogP contribution in [-0.2, 0) is 19.1 Å². The Balaban J connectivity index is 3.43. The number of ether oxygens (including phenoxy) is 2. The van der Waals surface area contributed by atoms with E-state index in [1.807, 2.05) is 6.92 Å². The first-order valence-electron chi connectivity index (χ1n) is 18.3. The summed E-state index contributed by atoms with van der Waals surface area (Å²) in [6.07, 6.45) is 30.3. The second kappa shape index (κ2) is 30.4. The van der Waals surface area contributed by atoms with E-state index in [2.05, 4.69) is 27.7 Å². The number of carbonyl (C=O) groups is 2. The van der Waals surface area contributed by atoms with Gasteiger partial charge in [0.1, 0.15) is 0 Å². The summed E-state index contributed by atoms with van der Waals surface area (Å²) in [5.41, 5.74) is 0. The molecule has 0 heterocycles. The van der Waals surface area contributed by atoms with Gasteiger partial charge in [-0.2, -0.15) is 0 Å². The molecule has 0 aliphatic heterocycles. The van der Waals surface area contributed by atoms with Crippen molar-refractivity contribution in [1.82, 2.24) is 0 Å². The Morgan fingerprint density at radius 2 is 0.878 bits per heavy atom. The van der Waals surface area contributed by atoms with E-state index in [0.717, 1.165) is 38.5 Å². The van der Waals surface area contributed by atoms with E-state index in [0.29, 0.717) is 31.5 Å². The topological polar surface area (TPSA) is 52.6 Å². The van der Waals surface area contributed by atoms with Crippen LogP contribution in [-0.4, -0.2) is 25.2 Å². The highest BCUT2D eigenvalue weighted by atomic mass is 16.5. The molecule has 4 heteroatoms. The van der Waals surface area contributed by atoms with Gasteiger partial charge in [-0.25, -0.2) is 0 Å². The fourth-order valence-electron chi connectivity index (χ4n) is 5.56. The number of hydrogen-bond acceptors (Lipinski definition) is 4. The van der Waals surface area contributed by atoms with Crippen LogP contribution in [0.1, 0.15) is 195 Å². The Morgan fingerprint density at radius 3 is 1.29 bits per heavy atom. The zero-order valence-electron chi connectivity index (χ0n) is 28.5. The van der Waals surface area contributed by atoms with Crippen molar-refractivity contribution in [2.24, 2.45) is 17.8 Å². The van der Waals surface area contributed by atoms with Gasteiger partial charge >= 0.3 is 11.9 Å². The molecule has 0 aromatic rings. The van der Waals surface area contributed by atoms with Crippen LogP contribution in [0, 0.1) is 17.8 Å². The van der Waals surface area contributed by atoms with Gasteiger partial charge in [0.15, 0.2) is 0 Å². The summed E-state index contributed by atoms with van der Waals surface area (Å²) < 4.78 is 11.1. The number of hydrogen-bond donors (Lipinski definition) is 0. The molecule has 0 radical (unpaired) electrons. The number of unbranched alkanes of at least 4 members (excludes halogenated alkanes) is 16. The molecule has 4 nitrogen and oxygen atoms in total. The van der Waals surface area contributed by atoms with Crippen molar-refractivity contribution in [3.8, 4) is 0 Å². The van der Waals surface area contributed by atoms with Crippen LogP contribution in [0.3, 0.4) is 0 Å². The van der Waals surface area contributed by atoms with Gasteiger partial charge in [-0.05, 0) is 37.5 Å². The predicted octanol–water partition coefficient (Wildman–Crippen LogP) is 11.8. The van der Waals surface area contributed by atoms with E-state index in [1.165, 1.54) is 116 Å². The highest BCUT2D eigenvalue weighted by Crippen LogP contribution is 2.18. The van der Waals surface area contributed by atoms with Crippen LogP contribution >= 0.6 is 0 Å². The van der Waals surface area contributed by atoms with E-state index < -0.39 is 0 Å². The Morgan fingerprint density at radius 1 is 0.488 bits per heavy atom. The quantitative estimate of drug-likeness (QED) is 0.0604. The maximum atomic E-state index is 12.3. The lowest BCUT2D eigenvalue weighted by molar-refractivity contribution is -0.149. The first kappa shape index (κ1) is 39.9. The van der Waals surface area contributed by atoms with Crippen LogP contribution < -0.4 is 0 Å². The highest BCUT2D eigenvalue weighted by Gasteiger charge is 2.16. The Bertz CT molecular complexity index is 575. The lowest BCUT2D eigenvalue weighted by Crippen LogP contribution is -2.19.